The predicted octanol–water partition coefficient (Wildman–Crippen LogP) is 0.0766. The van der Waals surface area contributed by atoms with Gasteiger partial charge in [0.05, 0.1) is 25.3 Å². The van der Waals surface area contributed by atoms with Crippen molar-refractivity contribution in [1.82, 2.24) is 10.2 Å². The second-order valence-corrected chi connectivity index (χ2v) is 5.18. The zero-order valence-electron chi connectivity index (χ0n) is 11.3. The summed E-state index contributed by atoms with van der Waals surface area (Å²) in [4.78, 5) is 25.4. The fourth-order valence-corrected chi connectivity index (χ4v) is 2.90. The number of piperidine rings is 1. The number of carbonyl (C=O) groups excluding carboxylic acids is 1. The summed E-state index contributed by atoms with van der Waals surface area (Å²) < 4.78 is 5.26. The molecule has 19 heavy (non-hydrogen) atoms. The van der Waals surface area contributed by atoms with Gasteiger partial charge in [-0.1, -0.05) is 6.42 Å². The molecule has 6 nitrogen and oxygen atoms in total. The van der Waals surface area contributed by atoms with Crippen LogP contribution >= 0.6 is 0 Å². The van der Waals surface area contributed by atoms with Gasteiger partial charge >= 0.3 is 5.97 Å². The van der Waals surface area contributed by atoms with Gasteiger partial charge in [-0.25, -0.2) is 0 Å². The molecule has 2 aliphatic heterocycles. The molecule has 2 heterocycles. The molecular weight excluding hydrogens is 248 g/mol. The number of aliphatic carboxylic acids is 1. The minimum Gasteiger partial charge on any atom is -0.481 e. The van der Waals surface area contributed by atoms with Gasteiger partial charge in [0.25, 0.3) is 0 Å². The first-order valence-corrected chi connectivity index (χ1v) is 6.99. The quantitative estimate of drug-likeness (QED) is 0.756. The minimum atomic E-state index is -0.884. The van der Waals surface area contributed by atoms with Crippen LogP contribution in [0.2, 0.25) is 0 Å². The molecule has 2 aliphatic rings. The smallest absolute Gasteiger partial charge is 0.311 e. The number of likely N-dealkylation sites (N-methyl/N-ethyl adjacent to an activating group) is 1. The van der Waals surface area contributed by atoms with Gasteiger partial charge in [0, 0.05) is 6.54 Å². The topological polar surface area (TPSA) is 78.9 Å². The van der Waals surface area contributed by atoms with Crippen LogP contribution in [-0.4, -0.2) is 60.3 Å². The maximum atomic E-state index is 12.5. The van der Waals surface area contributed by atoms with Crippen molar-refractivity contribution in [2.75, 3.05) is 26.3 Å². The van der Waals surface area contributed by atoms with Crippen molar-refractivity contribution in [2.45, 2.75) is 38.3 Å². The van der Waals surface area contributed by atoms with E-state index in [0.29, 0.717) is 13.2 Å². The summed E-state index contributed by atoms with van der Waals surface area (Å²) in [6.07, 6.45) is 2.98. The Morgan fingerprint density at radius 1 is 1.37 bits per heavy atom. The van der Waals surface area contributed by atoms with E-state index >= 15 is 0 Å². The first-order valence-electron chi connectivity index (χ1n) is 6.99. The molecule has 3 unspecified atom stereocenters. The first-order chi connectivity index (χ1) is 9.15. The average Bonchev–Trinajstić information content (AvgIpc) is 2.90. The first kappa shape index (κ1) is 14.3. The van der Waals surface area contributed by atoms with Gasteiger partial charge in [-0.2, -0.15) is 0 Å². The Kier molecular flexibility index (Phi) is 4.76. The average molecular weight is 270 g/mol. The van der Waals surface area contributed by atoms with Crippen molar-refractivity contribution in [3.63, 3.8) is 0 Å². The second kappa shape index (κ2) is 6.34. The molecule has 108 valence electrons. The number of carboxylic acid groups (broad SMARTS) is 1. The van der Waals surface area contributed by atoms with E-state index in [4.69, 9.17) is 4.74 Å². The van der Waals surface area contributed by atoms with Gasteiger partial charge in [-0.05, 0) is 26.3 Å². The van der Waals surface area contributed by atoms with E-state index in [-0.39, 0.29) is 24.6 Å². The molecule has 0 aromatic heterocycles. The summed E-state index contributed by atoms with van der Waals surface area (Å²) in [5, 5.41) is 12.4. The molecule has 2 saturated heterocycles. The highest BCUT2D eigenvalue weighted by molar-refractivity contribution is 5.83. The van der Waals surface area contributed by atoms with Crippen LogP contribution in [-0.2, 0) is 14.3 Å². The molecule has 0 aliphatic carbocycles. The van der Waals surface area contributed by atoms with Gasteiger partial charge in [0.15, 0.2) is 0 Å². The number of amides is 1. The molecule has 6 heteroatoms. The Bertz CT molecular complexity index is 342. The number of hydrogen-bond acceptors (Lipinski definition) is 4. The van der Waals surface area contributed by atoms with Crippen molar-refractivity contribution in [1.29, 1.82) is 0 Å². The number of hydrogen-bond donors (Lipinski definition) is 2. The number of nitrogens with one attached hydrogen (secondary N) is 1. The molecule has 0 aromatic carbocycles. The standard InChI is InChI=1S/C13H22N2O4/c1-2-15(11-8-19-7-9(11)13(17)18)12(16)10-5-3-4-6-14-10/h9-11,14H,2-8H2,1H3,(H,17,18). The fourth-order valence-electron chi connectivity index (χ4n) is 2.90. The summed E-state index contributed by atoms with van der Waals surface area (Å²) in [5.41, 5.74) is 0. The van der Waals surface area contributed by atoms with E-state index in [2.05, 4.69) is 5.32 Å². The lowest BCUT2D eigenvalue weighted by atomic mass is 9.99. The SMILES string of the molecule is CCN(C(=O)C1CCCCN1)C1COCC1C(=O)O. The third kappa shape index (κ3) is 3.06. The highest BCUT2D eigenvalue weighted by atomic mass is 16.5. The van der Waals surface area contributed by atoms with E-state index in [1.165, 1.54) is 0 Å². The minimum absolute atomic E-state index is 0.0175. The van der Waals surface area contributed by atoms with Gasteiger partial charge in [0.1, 0.15) is 5.92 Å². The molecular formula is C13H22N2O4. The summed E-state index contributed by atoms with van der Waals surface area (Å²) in [6, 6.07) is -0.498. The third-order valence-electron chi connectivity index (χ3n) is 4.00. The van der Waals surface area contributed by atoms with Gasteiger partial charge in [-0.3, -0.25) is 9.59 Å². The lowest BCUT2D eigenvalue weighted by Gasteiger charge is -2.34. The highest BCUT2D eigenvalue weighted by Crippen LogP contribution is 2.22. The highest BCUT2D eigenvalue weighted by Gasteiger charge is 2.41. The number of ether oxygens (including phenoxy) is 1. The Morgan fingerprint density at radius 3 is 2.74 bits per heavy atom. The molecule has 0 radical (unpaired) electrons. The van der Waals surface area contributed by atoms with Gasteiger partial charge in [0.2, 0.25) is 5.91 Å². The molecule has 2 N–H and O–H groups in total. The van der Waals surface area contributed by atoms with E-state index in [1.54, 1.807) is 4.90 Å². The number of carboxylic acids is 1. The molecule has 2 fully saturated rings. The maximum absolute atomic E-state index is 12.5. The monoisotopic (exact) mass is 270 g/mol. The zero-order chi connectivity index (χ0) is 13.8. The van der Waals surface area contributed by atoms with Crippen molar-refractivity contribution in [2.24, 2.45) is 5.92 Å². The second-order valence-electron chi connectivity index (χ2n) is 5.18. The Balaban J connectivity index is 2.05. The normalized spacial score (nSPS) is 31.1. The van der Waals surface area contributed by atoms with Crippen LogP contribution in [0.1, 0.15) is 26.2 Å². The maximum Gasteiger partial charge on any atom is 0.311 e. The van der Waals surface area contributed by atoms with E-state index in [1.807, 2.05) is 6.92 Å². The van der Waals surface area contributed by atoms with Gasteiger partial charge in [-0.15, -0.1) is 0 Å². The Hall–Kier alpha value is -1.14. The number of carbonyl (C=O) groups is 2. The van der Waals surface area contributed by atoms with Crippen LogP contribution in [0.3, 0.4) is 0 Å². The third-order valence-corrected chi connectivity index (χ3v) is 4.00. The van der Waals surface area contributed by atoms with Crippen molar-refractivity contribution in [3.05, 3.63) is 0 Å². The van der Waals surface area contributed by atoms with Gasteiger partial charge < -0.3 is 20.1 Å². The molecule has 0 bridgehead atoms. The fraction of sp³-hybridized carbons (Fsp3) is 0.846. The predicted molar refractivity (Wildman–Crippen MR) is 68.8 cm³/mol. The summed E-state index contributed by atoms with van der Waals surface area (Å²) in [7, 11) is 0. The van der Waals surface area contributed by atoms with E-state index in [9.17, 15) is 14.7 Å². The summed E-state index contributed by atoms with van der Waals surface area (Å²) >= 11 is 0. The number of rotatable bonds is 4. The largest absolute Gasteiger partial charge is 0.481 e. The van der Waals surface area contributed by atoms with Crippen LogP contribution in [0, 0.1) is 5.92 Å². The van der Waals surface area contributed by atoms with Crippen LogP contribution in [0.15, 0.2) is 0 Å². The van der Waals surface area contributed by atoms with E-state index < -0.39 is 11.9 Å². The molecule has 3 atom stereocenters. The van der Waals surface area contributed by atoms with Crippen molar-refractivity contribution >= 4 is 11.9 Å². The summed E-state index contributed by atoms with van der Waals surface area (Å²) in [5.74, 6) is -1.47. The molecule has 0 spiro atoms. The van der Waals surface area contributed by atoms with Crippen LogP contribution in [0.5, 0.6) is 0 Å². The van der Waals surface area contributed by atoms with Crippen molar-refractivity contribution < 1.29 is 19.4 Å². The zero-order valence-corrected chi connectivity index (χ0v) is 11.3. The van der Waals surface area contributed by atoms with E-state index in [0.717, 1.165) is 25.8 Å². The number of nitrogens with zero attached hydrogens (tertiary/aromatic N) is 1. The molecule has 0 aromatic rings. The molecule has 2 rings (SSSR count). The Labute approximate surface area is 113 Å². The van der Waals surface area contributed by atoms with Crippen LogP contribution < -0.4 is 5.32 Å². The van der Waals surface area contributed by atoms with Crippen LogP contribution in [0.25, 0.3) is 0 Å². The Morgan fingerprint density at radius 2 is 2.16 bits per heavy atom. The van der Waals surface area contributed by atoms with Crippen molar-refractivity contribution in [3.8, 4) is 0 Å². The summed E-state index contributed by atoms with van der Waals surface area (Å²) in [6.45, 7) is 3.79. The van der Waals surface area contributed by atoms with Crippen LogP contribution in [0.4, 0.5) is 0 Å². The molecule has 0 saturated carbocycles. The molecule has 1 amide bonds. The lowest BCUT2D eigenvalue weighted by Crippen LogP contribution is -2.54. The lowest BCUT2D eigenvalue weighted by molar-refractivity contribution is -0.145.